The van der Waals surface area contributed by atoms with Crippen molar-refractivity contribution < 1.29 is 14.0 Å². The van der Waals surface area contributed by atoms with Crippen molar-refractivity contribution in [2.45, 2.75) is 31.5 Å². The molecule has 0 saturated carbocycles. The third-order valence-electron chi connectivity index (χ3n) is 4.73. The first-order chi connectivity index (χ1) is 14.0. The van der Waals surface area contributed by atoms with Crippen LogP contribution in [0.5, 0.6) is 0 Å². The number of hydrogen-bond donors (Lipinski definition) is 1. The first kappa shape index (κ1) is 19.2. The Hall–Kier alpha value is -3.13. The molecule has 1 N–H and O–H groups in total. The lowest BCUT2D eigenvalue weighted by Crippen LogP contribution is -2.40. The number of carbonyl (C=O) groups excluding carboxylic acids is 2. The van der Waals surface area contributed by atoms with E-state index in [9.17, 15) is 9.59 Å². The number of para-hydroxylation sites is 2. The zero-order valence-electron chi connectivity index (χ0n) is 16.1. The molecule has 29 heavy (non-hydrogen) atoms. The highest BCUT2D eigenvalue weighted by Crippen LogP contribution is 2.32. The Kier molecular flexibility index (Phi) is 5.35. The van der Waals surface area contributed by atoms with Gasteiger partial charge in [-0.25, -0.2) is 0 Å². The number of amides is 2. The van der Waals surface area contributed by atoms with Crippen molar-refractivity contribution in [3.05, 3.63) is 54.1 Å². The fourth-order valence-electron chi connectivity index (χ4n) is 3.35. The average molecular weight is 408 g/mol. The molecule has 0 saturated heterocycles. The Labute approximate surface area is 172 Å². The SMILES string of the molecule is Cc1ccccc1-c1nnc(SCC(=O)N2c3ccccc3NC(=O)C[C@@H]2C)o1. The van der Waals surface area contributed by atoms with Gasteiger partial charge in [-0.2, -0.15) is 0 Å². The van der Waals surface area contributed by atoms with Crippen LogP contribution in [0.4, 0.5) is 11.4 Å². The summed E-state index contributed by atoms with van der Waals surface area (Å²) in [5, 5.41) is 11.3. The van der Waals surface area contributed by atoms with E-state index in [0.29, 0.717) is 22.5 Å². The fourth-order valence-corrected chi connectivity index (χ4v) is 3.97. The first-order valence-corrected chi connectivity index (χ1v) is 10.2. The van der Waals surface area contributed by atoms with E-state index in [4.69, 9.17) is 4.42 Å². The van der Waals surface area contributed by atoms with Crippen molar-refractivity contribution in [1.29, 1.82) is 0 Å². The molecule has 2 heterocycles. The maximum Gasteiger partial charge on any atom is 0.277 e. The van der Waals surface area contributed by atoms with Crippen molar-refractivity contribution in [1.82, 2.24) is 10.2 Å². The Morgan fingerprint density at radius 2 is 1.97 bits per heavy atom. The number of thioether (sulfide) groups is 1. The molecule has 8 heteroatoms. The highest BCUT2D eigenvalue weighted by Gasteiger charge is 2.29. The van der Waals surface area contributed by atoms with Gasteiger partial charge in [-0.15, -0.1) is 10.2 Å². The number of hydrogen-bond acceptors (Lipinski definition) is 6. The summed E-state index contributed by atoms with van der Waals surface area (Å²) in [7, 11) is 0. The van der Waals surface area contributed by atoms with Crippen molar-refractivity contribution in [2.75, 3.05) is 16.0 Å². The molecule has 1 atom stereocenters. The third kappa shape index (κ3) is 4.02. The molecule has 1 aliphatic heterocycles. The quantitative estimate of drug-likeness (QED) is 0.659. The number of aromatic nitrogens is 2. The molecule has 148 valence electrons. The molecule has 0 unspecified atom stereocenters. The number of nitrogens with one attached hydrogen (secondary N) is 1. The lowest BCUT2D eigenvalue weighted by molar-refractivity contribution is -0.117. The third-order valence-corrected chi connectivity index (χ3v) is 5.53. The first-order valence-electron chi connectivity index (χ1n) is 9.26. The maximum atomic E-state index is 13.0. The molecule has 0 fully saturated rings. The van der Waals surface area contributed by atoms with E-state index in [-0.39, 0.29) is 30.0 Å². The number of nitrogens with zero attached hydrogens (tertiary/aromatic N) is 3. The maximum absolute atomic E-state index is 13.0. The van der Waals surface area contributed by atoms with Gasteiger partial charge in [0.15, 0.2) is 0 Å². The fraction of sp³-hybridized carbons (Fsp3) is 0.238. The van der Waals surface area contributed by atoms with E-state index in [0.717, 1.165) is 11.1 Å². The summed E-state index contributed by atoms with van der Waals surface area (Å²) in [4.78, 5) is 26.8. The van der Waals surface area contributed by atoms with Gasteiger partial charge in [0, 0.05) is 18.0 Å². The van der Waals surface area contributed by atoms with E-state index >= 15 is 0 Å². The molecule has 1 aromatic heterocycles. The summed E-state index contributed by atoms with van der Waals surface area (Å²) in [6.07, 6.45) is 0.239. The minimum atomic E-state index is -0.253. The zero-order valence-corrected chi connectivity index (χ0v) is 16.9. The predicted octanol–water partition coefficient (Wildman–Crippen LogP) is 3.90. The molecule has 2 aromatic carbocycles. The summed E-state index contributed by atoms with van der Waals surface area (Å²) in [5.74, 6) is 0.332. The van der Waals surface area contributed by atoms with Crippen molar-refractivity contribution in [3.63, 3.8) is 0 Å². The van der Waals surface area contributed by atoms with Gasteiger partial charge in [0.05, 0.1) is 17.1 Å². The van der Waals surface area contributed by atoms with Gasteiger partial charge in [0.25, 0.3) is 5.22 Å². The second-order valence-corrected chi connectivity index (χ2v) is 7.79. The Morgan fingerprint density at radius 3 is 2.79 bits per heavy atom. The van der Waals surface area contributed by atoms with Gasteiger partial charge >= 0.3 is 0 Å². The molecule has 2 amide bonds. The van der Waals surface area contributed by atoms with Gasteiger partial charge in [0.2, 0.25) is 17.7 Å². The molecule has 4 rings (SSSR count). The highest BCUT2D eigenvalue weighted by atomic mass is 32.2. The second-order valence-electron chi connectivity index (χ2n) is 6.86. The van der Waals surface area contributed by atoms with Crippen LogP contribution in [0.15, 0.2) is 58.2 Å². The Morgan fingerprint density at radius 1 is 1.21 bits per heavy atom. The van der Waals surface area contributed by atoms with Crippen LogP contribution in [0.1, 0.15) is 18.9 Å². The molecular formula is C21H20N4O3S. The van der Waals surface area contributed by atoms with E-state index < -0.39 is 0 Å². The largest absolute Gasteiger partial charge is 0.411 e. The van der Waals surface area contributed by atoms with Crippen LogP contribution in [0.3, 0.4) is 0 Å². The standard InChI is InChI=1S/C21H20N4O3S/c1-13-7-3-4-8-15(13)20-23-24-21(28-20)29-12-19(27)25-14(2)11-18(26)22-16-9-5-6-10-17(16)25/h3-10,14H,11-12H2,1-2H3,(H,22,26)/t14-/m0/s1. The van der Waals surface area contributed by atoms with Crippen LogP contribution in [0.25, 0.3) is 11.5 Å². The topological polar surface area (TPSA) is 88.3 Å². The van der Waals surface area contributed by atoms with Crippen molar-refractivity contribution >= 4 is 35.0 Å². The monoisotopic (exact) mass is 408 g/mol. The summed E-state index contributed by atoms with van der Waals surface area (Å²) in [6.45, 7) is 3.84. The number of benzene rings is 2. The van der Waals surface area contributed by atoms with Crippen LogP contribution >= 0.6 is 11.8 Å². The van der Waals surface area contributed by atoms with Crippen LogP contribution in [-0.2, 0) is 9.59 Å². The van der Waals surface area contributed by atoms with E-state index in [1.54, 1.807) is 11.0 Å². The van der Waals surface area contributed by atoms with E-state index in [1.165, 1.54) is 11.8 Å². The summed E-state index contributed by atoms with van der Waals surface area (Å²) in [5.41, 5.74) is 3.25. The number of rotatable bonds is 4. The summed E-state index contributed by atoms with van der Waals surface area (Å²) in [6, 6.07) is 14.8. The smallest absolute Gasteiger partial charge is 0.277 e. The number of fused-ring (bicyclic) bond motifs is 1. The minimum Gasteiger partial charge on any atom is -0.411 e. The van der Waals surface area contributed by atoms with Gasteiger partial charge in [0.1, 0.15) is 0 Å². The van der Waals surface area contributed by atoms with Gasteiger partial charge in [-0.05, 0) is 37.6 Å². The number of anilines is 2. The lowest BCUT2D eigenvalue weighted by Gasteiger charge is -2.27. The van der Waals surface area contributed by atoms with Crippen LogP contribution in [-0.4, -0.2) is 33.8 Å². The molecule has 0 spiro atoms. The minimum absolute atomic E-state index is 0.104. The molecular weight excluding hydrogens is 388 g/mol. The van der Waals surface area contributed by atoms with Crippen molar-refractivity contribution in [2.24, 2.45) is 0 Å². The molecule has 0 radical (unpaired) electrons. The molecule has 0 bridgehead atoms. The van der Waals surface area contributed by atoms with Crippen LogP contribution in [0, 0.1) is 6.92 Å². The second kappa shape index (κ2) is 8.08. The number of carbonyl (C=O) groups is 2. The Bertz CT molecular complexity index is 1070. The van der Waals surface area contributed by atoms with Gasteiger partial charge in [-0.1, -0.05) is 42.1 Å². The van der Waals surface area contributed by atoms with E-state index in [2.05, 4.69) is 15.5 Å². The molecule has 3 aromatic rings. The Balaban J connectivity index is 1.50. The zero-order chi connectivity index (χ0) is 20.4. The molecule has 1 aliphatic rings. The predicted molar refractivity (Wildman–Crippen MR) is 112 cm³/mol. The summed E-state index contributed by atoms with van der Waals surface area (Å²) < 4.78 is 5.73. The number of aryl methyl sites for hydroxylation is 1. The normalized spacial score (nSPS) is 16.1. The van der Waals surface area contributed by atoms with Gasteiger partial charge in [-0.3, -0.25) is 9.59 Å². The van der Waals surface area contributed by atoms with Crippen LogP contribution < -0.4 is 10.2 Å². The van der Waals surface area contributed by atoms with Gasteiger partial charge < -0.3 is 14.6 Å². The summed E-state index contributed by atoms with van der Waals surface area (Å²) >= 11 is 1.19. The van der Waals surface area contributed by atoms with Crippen molar-refractivity contribution in [3.8, 4) is 11.5 Å². The highest BCUT2D eigenvalue weighted by molar-refractivity contribution is 7.99. The molecule has 0 aliphatic carbocycles. The average Bonchev–Trinajstić information content (AvgIpc) is 3.12. The van der Waals surface area contributed by atoms with E-state index in [1.807, 2.05) is 56.3 Å². The lowest BCUT2D eigenvalue weighted by atomic mass is 10.1. The van der Waals surface area contributed by atoms with Crippen LogP contribution in [0.2, 0.25) is 0 Å². The molecule has 7 nitrogen and oxygen atoms in total.